The highest BCUT2D eigenvalue weighted by Crippen LogP contribution is 2.43. The van der Waals surface area contributed by atoms with E-state index in [4.69, 9.17) is 34.8 Å². The maximum atomic E-state index is 11.6. The fourth-order valence-electron chi connectivity index (χ4n) is 2.74. The number of carboxylic acid groups (broad SMARTS) is 1. The van der Waals surface area contributed by atoms with Gasteiger partial charge in [0.2, 0.25) is 0 Å². The van der Waals surface area contributed by atoms with Gasteiger partial charge in [0.25, 0.3) is 0 Å². The van der Waals surface area contributed by atoms with E-state index in [1.165, 1.54) is 0 Å². The van der Waals surface area contributed by atoms with E-state index in [9.17, 15) is 9.90 Å². The third-order valence-electron chi connectivity index (χ3n) is 3.88. The fourth-order valence-corrected chi connectivity index (χ4v) is 4.71. The van der Waals surface area contributed by atoms with Gasteiger partial charge in [-0.05, 0) is 35.4 Å². The number of aliphatic carboxylic acids is 1. The summed E-state index contributed by atoms with van der Waals surface area (Å²) in [5.74, 6) is -0.305. The van der Waals surface area contributed by atoms with Gasteiger partial charge in [-0.25, -0.2) is 0 Å². The predicted octanol–water partition coefficient (Wildman–Crippen LogP) is 5.35. The molecule has 1 aliphatic heterocycles. The number of hydrogen-bond donors (Lipinski definition) is 1. The van der Waals surface area contributed by atoms with Gasteiger partial charge in [-0.1, -0.05) is 53.0 Å². The Bertz CT molecular complexity index is 771. The van der Waals surface area contributed by atoms with Crippen LogP contribution in [-0.2, 0) is 11.3 Å². The van der Waals surface area contributed by atoms with E-state index >= 15 is 0 Å². The maximum absolute atomic E-state index is 11.6. The van der Waals surface area contributed by atoms with Crippen LogP contribution in [0.2, 0.25) is 15.1 Å². The molecule has 0 spiro atoms. The molecule has 24 heavy (non-hydrogen) atoms. The number of benzene rings is 2. The molecule has 2 aromatic rings. The van der Waals surface area contributed by atoms with Crippen LogP contribution in [0.25, 0.3) is 0 Å². The Balaban J connectivity index is 1.91. The van der Waals surface area contributed by atoms with Crippen molar-refractivity contribution in [3.8, 4) is 0 Å². The molecule has 2 atom stereocenters. The van der Waals surface area contributed by atoms with Crippen molar-refractivity contribution < 1.29 is 9.90 Å². The molecule has 3 nitrogen and oxygen atoms in total. The van der Waals surface area contributed by atoms with E-state index in [0.29, 0.717) is 27.4 Å². The zero-order valence-corrected chi connectivity index (χ0v) is 15.5. The van der Waals surface area contributed by atoms with E-state index in [0.717, 1.165) is 11.1 Å². The summed E-state index contributed by atoms with van der Waals surface area (Å²) in [6.45, 7) is 0.470. The molecule has 0 amide bonds. The molecule has 0 saturated carbocycles. The average Bonchev–Trinajstić information content (AvgIpc) is 2.95. The number of rotatable bonds is 4. The summed E-state index contributed by atoms with van der Waals surface area (Å²) in [5, 5.41) is 11.1. The van der Waals surface area contributed by atoms with Crippen LogP contribution in [0.3, 0.4) is 0 Å². The standard InChI is InChI=1S/C17H14Cl3NO2S/c18-12-3-1-2-11(7-12)16-21(15(9-24-16)17(22)23)8-10-4-5-13(19)14(20)6-10/h1-7,15-16H,8-9H2,(H,22,23). The third-order valence-corrected chi connectivity index (χ3v) is 6.22. The number of carboxylic acids is 1. The summed E-state index contributed by atoms with van der Waals surface area (Å²) in [5.41, 5.74) is 1.92. The maximum Gasteiger partial charge on any atom is 0.321 e. The van der Waals surface area contributed by atoms with Crippen LogP contribution in [0.4, 0.5) is 0 Å². The molecule has 1 fully saturated rings. The number of halogens is 3. The highest BCUT2D eigenvalue weighted by molar-refractivity contribution is 7.99. The first-order valence-corrected chi connectivity index (χ1v) is 9.43. The van der Waals surface area contributed by atoms with E-state index in [-0.39, 0.29) is 5.37 Å². The molecule has 1 heterocycles. The van der Waals surface area contributed by atoms with E-state index in [1.807, 2.05) is 35.2 Å². The van der Waals surface area contributed by atoms with Crippen molar-refractivity contribution in [1.29, 1.82) is 0 Å². The Labute approximate surface area is 159 Å². The summed E-state index contributed by atoms with van der Waals surface area (Å²) >= 11 is 19.7. The van der Waals surface area contributed by atoms with Gasteiger partial charge < -0.3 is 5.11 Å². The number of thioether (sulfide) groups is 1. The Morgan fingerprint density at radius 3 is 2.62 bits per heavy atom. The molecule has 0 aliphatic carbocycles. The summed E-state index contributed by atoms with van der Waals surface area (Å²) in [4.78, 5) is 13.6. The summed E-state index contributed by atoms with van der Waals surface area (Å²) in [7, 11) is 0. The van der Waals surface area contributed by atoms with Gasteiger partial charge in [0.15, 0.2) is 0 Å². The second-order valence-corrected chi connectivity index (χ2v) is 7.88. The minimum absolute atomic E-state index is 0.0701. The molecule has 126 valence electrons. The molecular formula is C17H14Cl3NO2S. The fraction of sp³-hybridized carbons (Fsp3) is 0.235. The van der Waals surface area contributed by atoms with Crippen molar-refractivity contribution in [2.24, 2.45) is 0 Å². The number of hydrogen-bond acceptors (Lipinski definition) is 3. The zero-order valence-electron chi connectivity index (χ0n) is 12.5. The lowest BCUT2D eigenvalue weighted by molar-refractivity contribution is -0.142. The van der Waals surface area contributed by atoms with Crippen molar-refractivity contribution in [2.75, 3.05) is 5.75 Å². The molecule has 3 rings (SSSR count). The smallest absolute Gasteiger partial charge is 0.321 e. The average molecular weight is 403 g/mol. The molecule has 0 aromatic heterocycles. The first-order chi connectivity index (χ1) is 11.5. The lowest BCUT2D eigenvalue weighted by Crippen LogP contribution is -2.38. The van der Waals surface area contributed by atoms with E-state index in [1.54, 1.807) is 23.9 Å². The largest absolute Gasteiger partial charge is 0.480 e. The Kier molecular flexibility index (Phi) is 5.63. The molecule has 0 radical (unpaired) electrons. The summed E-state index contributed by atoms with van der Waals surface area (Å²) < 4.78 is 0. The minimum Gasteiger partial charge on any atom is -0.480 e. The van der Waals surface area contributed by atoms with Crippen LogP contribution < -0.4 is 0 Å². The topological polar surface area (TPSA) is 40.5 Å². The quantitative estimate of drug-likeness (QED) is 0.748. The summed E-state index contributed by atoms with van der Waals surface area (Å²) in [6.07, 6.45) is 0. The van der Waals surface area contributed by atoms with E-state index in [2.05, 4.69) is 0 Å². The Morgan fingerprint density at radius 1 is 1.17 bits per heavy atom. The van der Waals surface area contributed by atoms with Gasteiger partial charge in [-0.3, -0.25) is 9.69 Å². The molecular weight excluding hydrogens is 389 g/mol. The normalized spacial score (nSPS) is 21.1. The highest BCUT2D eigenvalue weighted by atomic mass is 35.5. The van der Waals surface area contributed by atoms with Crippen LogP contribution in [0, 0.1) is 0 Å². The van der Waals surface area contributed by atoms with Crippen LogP contribution in [0.5, 0.6) is 0 Å². The van der Waals surface area contributed by atoms with Crippen molar-refractivity contribution in [3.63, 3.8) is 0 Å². The predicted molar refractivity (Wildman–Crippen MR) is 100 cm³/mol. The SMILES string of the molecule is O=C(O)C1CSC(c2cccc(Cl)c2)N1Cc1ccc(Cl)c(Cl)c1. The monoisotopic (exact) mass is 401 g/mol. The van der Waals surface area contributed by atoms with Crippen molar-refractivity contribution in [3.05, 3.63) is 68.7 Å². The molecule has 1 aliphatic rings. The lowest BCUT2D eigenvalue weighted by Gasteiger charge is -2.27. The third kappa shape index (κ3) is 3.84. The van der Waals surface area contributed by atoms with Crippen LogP contribution in [0.15, 0.2) is 42.5 Å². The van der Waals surface area contributed by atoms with Crippen molar-refractivity contribution in [2.45, 2.75) is 18.0 Å². The number of nitrogens with zero attached hydrogens (tertiary/aromatic N) is 1. The molecule has 2 unspecified atom stereocenters. The number of carbonyl (C=O) groups is 1. The van der Waals surface area contributed by atoms with E-state index < -0.39 is 12.0 Å². The van der Waals surface area contributed by atoms with Gasteiger partial charge in [0.05, 0.1) is 15.4 Å². The molecule has 7 heteroatoms. The second kappa shape index (κ2) is 7.54. The summed E-state index contributed by atoms with van der Waals surface area (Å²) in [6, 6.07) is 12.3. The molecule has 0 bridgehead atoms. The van der Waals surface area contributed by atoms with Gasteiger partial charge in [0.1, 0.15) is 6.04 Å². The van der Waals surface area contributed by atoms with Gasteiger partial charge in [0, 0.05) is 17.3 Å². The molecule has 1 saturated heterocycles. The van der Waals surface area contributed by atoms with Gasteiger partial charge in [-0.2, -0.15) is 0 Å². The van der Waals surface area contributed by atoms with Crippen LogP contribution in [0.1, 0.15) is 16.5 Å². The Morgan fingerprint density at radius 2 is 1.96 bits per heavy atom. The van der Waals surface area contributed by atoms with Crippen LogP contribution in [-0.4, -0.2) is 27.8 Å². The second-order valence-electron chi connectivity index (χ2n) is 5.52. The van der Waals surface area contributed by atoms with Gasteiger partial charge in [-0.15, -0.1) is 11.8 Å². The lowest BCUT2D eigenvalue weighted by atomic mass is 10.1. The van der Waals surface area contributed by atoms with Crippen molar-refractivity contribution >= 4 is 52.5 Å². The molecule has 2 aromatic carbocycles. The molecule has 1 N–H and O–H groups in total. The zero-order chi connectivity index (χ0) is 17.3. The van der Waals surface area contributed by atoms with Crippen LogP contribution >= 0.6 is 46.6 Å². The Hall–Kier alpha value is -0.910. The first-order valence-electron chi connectivity index (χ1n) is 7.25. The minimum atomic E-state index is -0.827. The van der Waals surface area contributed by atoms with Crippen molar-refractivity contribution in [1.82, 2.24) is 4.90 Å². The first kappa shape index (κ1) is 17.9. The van der Waals surface area contributed by atoms with Gasteiger partial charge >= 0.3 is 5.97 Å². The highest BCUT2D eigenvalue weighted by Gasteiger charge is 2.39.